The third kappa shape index (κ3) is 4.21. The molecular formula is C13H22N2O. The molecule has 0 radical (unpaired) electrons. The Labute approximate surface area is 97.8 Å². The van der Waals surface area contributed by atoms with Crippen LogP contribution in [-0.2, 0) is 11.2 Å². The SMILES string of the molecule is CCCOC(Cc1cccc(N)c1)C(C)N. The Hall–Kier alpha value is -1.06. The van der Waals surface area contributed by atoms with E-state index < -0.39 is 0 Å². The standard InChI is InChI=1S/C13H22N2O/c1-3-7-16-13(10(2)14)9-11-5-4-6-12(15)8-11/h4-6,8,10,13H,3,7,9,14-15H2,1-2H3. The fourth-order valence-corrected chi connectivity index (χ4v) is 1.62. The number of nitrogens with two attached hydrogens (primary N) is 2. The molecule has 1 aromatic rings. The van der Waals surface area contributed by atoms with Crippen molar-refractivity contribution in [1.82, 2.24) is 0 Å². The van der Waals surface area contributed by atoms with E-state index in [2.05, 4.69) is 13.0 Å². The van der Waals surface area contributed by atoms with Crippen LogP contribution in [0.4, 0.5) is 5.69 Å². The summed E-state index contributed by atoms with van der Waals surface area (Å²) in [4.78, 5) is 0. The van der Waals surface area contributed by atoms with Crippen molar-refractivity contribution in [2.75, 3.05) is 12.3 Å². The van der Waals surface area contributed by atoms with Gasteiger partial charge in [0.25, 0.3) is 0 Å². The van der Waals surface area contributed by atoms with Crippen LogP contribution in [-0.4, -0.2) is 18.8 Å². The van der Waals surface area contributed by atoms with Gasteiger partial charge in [-0.3, -0.25) is 0 Å². The van der Waals surface area contributed by atoms with Crippen molar-refractivity contribution < 1.29 is 4.74 Å². The molecule has 3 heteroatoms. The Balaban J connectivity index is 2.60. The Kier molecular flexibility index (Phi) is 5.29. The van der Waals surface area contributed by atoms with Gasteiger partial charge < -0.3 is 16.2 Å². The molecule has 0 spiro atoms. The summed E-state index contributed by atoms with van der Waals surface area (Å²) in [6, 6.07) is 7.92. The Bertz CT molecular complexity index is 313. The van der Waals surface area contributed by atoms with E-state index in [1.807, 2.05) is 25.1 Å². The highest BCUT2D eigenvalue weighted by molar-refractivity contribution is 5.40. The van der Waals surface area contributed by atoms with Crippen molar-refractivity contribution in [1.29, 1.82) is 0 Å². The van der Waals surface area contributed by atoms with Gasteiger partial charge in [0, 0.05) is 24.8 Å². The lowest BCUT2D eigenvalue weighted by atomic mass is 10.0. The maximum atomic E-state index is 5.91. The second-order valence-electron chi connectivity index (χ2n) is 4.22. The van der Waals surface area contributed by atoms with Crippen LogP contribution in [0.2, 0.25) is 0 Å². The number of ether oxygens (including phenoxy) is 1. The van der Waals surface area contributed by atoms with Crippen LogP contribution < -0.4 is 11.5 Å². The summed E-state index contributed by atoms with van der Waals surface area (Å²) < 4.78 is 5.73. The van der Waals surface area contributed by atoms with E-state index in [9.17, 15) is 0 Å². The normalized spacial score (nSPS) is 14.7. The van der Waals surface area contributed by atoms with Crippen LogP contribution in [0, 0.1) is 0 Å². The third-order valence-electron chi connectivity index (χ3n) is 2.51. The van der Waals surface area contributed by atoms with E-state index in [0.717, 1.165) is 25.1 Å². The van der Waals surface area contributed by atoms with Crippen LogP contribution in [0.1, 0.15) is 25.8 Å². The number of hydrogen-bond donors (Lipinski definition) is 2. The third-order valence-corrected chi connectivity index (χ3v) is 2.51. The summed E-state index contributed by atoms with van der Waals surface area (Å²) >= 11 is 0. The molecular weight excluding hydrogens is 200 g/mol. The molecule has 0 saturated heterocycles. The predicted molar refractivity (Wildman–Crippen MR) is 68.2 cm³/mol. The number of anilines is 1. The molecule has 2 unspecified atom stereocenters. The number of rotatable bonds is 6. The van der Waals surface area contributed by atoms with Crippen molar-refractivity contribution in [3.8, 4) is 0 Å². The molecule has 0 saturated carbocycles. The van der Waals surface area contributed by atoms with Crippen LogP contribution >= 0.6 is 0 Å². The predicted octanol–water partition coefficient (Wildman–Crippen LogP) is 1.95. The molecule has 1 aromatic carbocycles. The fourth-order valence-electron chi connectivity index (χ4n) is 1.62. The zero-order chi connectivity index (χ0) is 12.0. The molecule has 0 bridgehead atoms. The molecule has 16 heavy (non-hydrogen) atoms. The van der Waals surface area contributed by atoms with E-state index in [1.54, 1.807) is 0 Å². The smallest absolute Gasteiger partial charge is 0.0763 e. The average molecular weight is 222 g/mol. The summed E-state index contributed by atoms with van der Waals surface area (Å²) in [7, 11) is 0. The summed E-state index contributed by atoms with van der Waals surface area (Å²) in [6.07, 6.45) is 1.91. The lowest BCUT2D eigenvalue weighted by Crippen LogP contribution is -2.36. The zero-order valence-electron chi connectivity index (χ0n) is 10.1. The maximum absolute atomic E-state index is 5.91. The lowest BCUT2D eigenvalue weighted by molar-refractivity contribution is 0.0401. The highest BCUT2D eigenvalue weighted by Gasteiger charge is 2.14. The highest BCUT2D eigenvalue weighted by Crippen LogP contribution is 2.12. The second kappa shape index (κ2) is 6.51. The molecule has 1 rings (SSSR count). The fraction of sp³-hybridized carbons (Fsp3) is 0.538. The van der Waals surface area contributed by atoms with Crippen molar-refractivity contribution in [3.05, 3.63) is 29.8 Å². The maximum Gasteiger partial charge on any atom is 0.0763 e. The molecule has 0 aliphatic rings. The minimum Gasteiger partial charge on any atom is -0.399 e. The van der Waals surface area contributed by atoms with E-state index in [-0.39, 0.29) is 12.1 Å². The average Bonchev–Trinajstić information content (AvgIpc) is 2.24. The van der Waals surface area contributed by atoms with Crippen LogP contribution in [0.5, 0.6) is 0 Å². The van der Waals surface area contributed by atoms with Gasteiger partial charge in [-0.2, -0.15) is 0 Å². The van der Waals surface area contributed by atoms with E-state index >= 15 is 0 Å². The summed E-state index contributed by atoms with van der Waals surface area (Å²) in [5, 5.41) is 0. The number of benzene rings is 1. The Morgan fingerprint density at radius 3 is 2.69 bits per heavy atom. The van der Waals surface area contributed by atoms with Gasteiger partial charge in [-0.05, 0) is 31.0 Å². The topological polar surface area (TPSA) is 61.3 Å². The molecule has 90 valence electrons. The van der Waals surface area contributed by atoms with Crippen LogP contribution in [0.3, 0.4) is 0 Å². The minimum atomic E-state index is 0.0352. The van der Waals surface area contributed by atoms with Gasteiger partial charge in [0.1, 0.15) is 0 Å². The monoisotopic (exact) mass is 222 g/mol. The summed E-state index contributed by atoms with van der Waals surface area (Å²) in [5.74, 6) is 0. The van der Waals surface area contributed by atoms with Crippen LogP contribution in [0.25, 0.3) is 0 Å². The molecule has 4 N–H and O–H groups in total. The van der Waals surface area contributed by atoms with E-state index in [4.69, 9.17) is 16.2 Å². The Morgan fingerprint density at radius 1 is 1.38 bits per heavy atom. The minimum absolute atomic E-state index is 0.0352. The van der Waals surface area contributed by atoms with Gasteiger partial charge in [-0.25, -0.2) is 0 Å². The van der Waals surface area contributed by atoms with Crippen molar-refractivity contribution in [3.63, 3.8) is 0 Å². The second-order valence-corrected chi connectivity index (χ2v) is 4.22. The van der Waals surface area contributed by atoms with Gasteiger partial charge in [0.2, 0.25) is 0 Å². The van der Waals surface area contributed by atoms with Gasteiger partial charge in [0.15, 0.2) is 0 Å². The highest BCUT2D eigenvalue weighted by atomic mass is 16.5. The van der Waals surface area contributed by atoms with Gasteiger partial charge in [-0.15, -0.1) is 0 Å². The molecule has 3 nitrogen and oxygen atoms in total. The van der Waals surface area contributed by atoms with Gasteiger partial charge in [0.05, 0.1) is 6.10 Å². The molecule has 0 aliphatic carbocycles. The molecule has 0 aromatic heterocycles. The summed E-state index contributed by atoms with van der Waals surface area (Å²) in [5.41, 5.74) is 13.6. The quantitative estimate of drug-likeness (QED) is 0.723. The first kappa shape index (κ1) is 13.0. The number of nitrogen functional groups attached to an aromatic ring is 1. The largest absolute Gasteiger partial charge is 0.399 e. The van der Waals surface area contributed by atoms with Crippen LogP contribution in [0.15, 0.2) is 24.3 Å². The van der Waals surface area contributed by atoms with Crippen molar-refractivity contribution >= 4 is 5.69 Å². The van der Waals surface area contributed by atoms with E-state index in [0.29, 0.717) is 0 Å². The Morgan fingerprint density at radius 2 is 2.12 bits per heavy atom. The lowest BCUT2D eigenvalue weighted by Gasteiger charge is -2.21. The van der Waals surface area contributed by atoms with E-state index in [1.165, 1.54) is 5.56 Å². The van der Waals surface area contributed by atoms with Gasteiger partial charge >= 0.3 is 0 Å². The zero-order valence-corrected chi connectivity index (χ0v) is 10.1. The first-order valence-electron chi connectivity index (χ1n) is 5.85. The molecule has 2 atom stereocenters. The van der Waals surface area contributed by atoms with Crippen molar-refractivity contribution in [2.24, 2.45) is 5.73 Å². The first-order valence-corrected chi connectivity index (χ1v) is 5.85. The molecule has 0 heterocycles. The van der Waals surface area contributed by atoms with Gasteiger partial charge in [-0.1, -0.05) is 19.1 Å². The first-order chi connectivity index (χ1) is 7.63. The molecule has 0 amide bonds. The van der Waals surface area contributed by atoms with Crippen molar-refractivity contribution in [2.45, 2.75) is 38.8 Å². The molecule has 0 aliphatic heterocycles. The number of hydrogen-bond acceptors (Lipinski definition) is 3. The molecule has 0 fully saturated rings. The summed E-state index contributed by atoms with van der Waals surface area (Å²) in [6.45, 7) is 4.83.